The topological polar surface area (TPSA) is 84.5 Å². The van der Waals surface area contributed by atoms with Crippen molar-refractivity contribution < 1.29 is 17.9 Å². The summed E-state index contributed by atoms with van der Waals surface area (Å²) in [6.45, 7) is 0.933. The second-order valence-electron chi connectivity index (χ2n) is 5.97. The number of anilines is 1. The summed E-state index contributed by atoms with van der Waals surface area (Å²) in [5.74, 6) is -0.302. The monoisotopic (exact) mass is 438 g/mol. The summed E-state index contributed by atoms with van der Waals surface area (Å²) in [4.78, 5) is 12.4. The van der Waals surface area contributed by atoms with Crippen molar-refractivity contribution in [1.82, 2.24) is 4.72 Å². The molecule has 1 heterocycles. The average Bonchev–Trinajstić information content (AvgIpc) is 3.16. The van der Waals surface area contributed by atoms with Crippen molar-refractivity contribution in [2.24, 2.45) is 0 Å². The molecule has 0 aliphatic carbocycles. The molecule has 1 atom stereocenters. The normalized spacial score (nSPS) is 17.2. The molecule has 3 rings (SSSR count). The van der Waals surface area contributed by atoms with Crippen LogP contribution in [0.5, 0.6) is 0 Å². The predicted octanol–water partition coefficient (Wildman–Crippen LogP) is 3.16. The van der Waals surface area contributed by atoms with E-state index in [-0.39, 0.29) is 23.5 Å². The van der Waals surface area contributed by atoms with Crippen LogP contribution in [0.1, 0.15) is 23.2 Å². The third-order valence-electron chi connectivity index (χ3n) is 4.05. The van der Waals surface area contributed by atoms with Gasteiger partial charge in [0.15, 0.2) is 0 Å². The van der Waals surface area contributed by atoms with Crippen molar-refractivity contribution in [3.8, 4) is 0 Å². The molecular formula is C18H19BrN2O4S. The lowest BCUT2D eigenvalue weighted by Crippen LogP contribution is -2.31. The lowest BCUT2D eigenvalue weighted by molar-refractivity contribution is 0.102. The highest BCUT2D eigenvalue weighted by molar-refractivity contribution is 9.10. The minimum absolute atomic E-state index is 0.0688. The molecule has 1 amide bonds. The summed E-state index contributed by atoms with van der Waals surface area (Å²) < 4.78 is 33.5. The number of benzene rings is 2. The molecule has 1 aliphatic heterocycles. The Hall–Kier alpha value is -1.74. The quantitative estimate of drug-likeness (QED) is 0.725. The Morgan fingerprint density at radius 1 is 1.12 bits per heavy atom. The zero-order valence-corrected chi connectivity index (χ0v) is 16.3. The molecule has 8 heteroatoms. The highest BCUT2D eigenvalue weighted by Crippen LogP contribution is 2.17. The second kappa shape index (κ2) is 8.30. The molecule has 26 heavy (non-hydrogen) atoms. The largest absolute Gasteiger partial charge is 0.377 e. The van der Waals surface area contributed by atoms with Crippen LogP contribution in [0.25, 0.3) is 0 Å². The van der Waals surface area contributed by atoms with Gasteiger partial charge in [0.2, 0.25) is 10.0 Å². The number of carbonyl (C=O) groups is 1. The number of nitrogens with one attached hydrogen (secondary N) is 2. The van der Waals surface area contributed by atoms with E-state index in [1.807, 2.05) is 12.1 Å². The van der Waals surface area contributed by atoms with Crippen LogP contribution < -0.4 is 10.0 Å². The van der Waals surface area contributed by atoms with Crippen LogP contribution >= 0.6 is 15.9 Å². The summed E-state index contributed by atoms with van der Waals surface area (Å²) in [5.41, 5.74) is 1.04. The highest BCUT2D eigenvalue weighted by Gasteiger charge is 2.20. The predicted molar refractivity (Wildman–Crippen MR) is 103 cm³/mol. The number of hydrogen-bond donors (Lipinski definition) is 2. The first-order valence-corrected chi connectivity index (χ1v) is 10.5. The van der Waals surface area contributed by atoms with Crippen molar-refractivity contribution in [1.29, 1.82) is 0 Å². The SMILES string of the molecule is O=C(Nc1ccc(Br)cc1)c1ccc(S(=O)(=O)NC[C@@H]2CCCO2)cc1. The van der Waals surface area contributed by atoms with Crippen molar-refractivity contribution in [3.63, 3.8) is 0 Å². The van der Waals surface area contributed by atoms with Crippen LogP contribution in [0.3, 0.4) is 0 Å². The fraction of sp³-hybridized carbons (Fsp3) is 0.278. The van der Waals surface area contributed by atoms with Crippen LogP contribution in [0.15, 0.2) is 57.9 Å². The Labute approximate surface area is 161 Å². The van der Waals surface area contributed by atoms with Gasteiger partial charge in [-0.2, -0.15) is 0 Å². The molecule has 0 spiro atoms. The van der Waals surface area contributed by atoms with E-state index in [9.17, 15) is 13.2 Å². The Kier molecular flexibility index (Phi) is 6.08. The van der Waals surface area contributed by atoms with Gasteiger partial charge in [-0.1, -0.05) is 15.9 Å². The maximum Gasteiger partial charge on any atom is 0.255 e. The molecule has 1 fully saturated rings. The van der Waals surface area contributed by atoms with E-state index < -0.39 is 10.0 Å². The molecular weight excluding hydrogens is 420 g/mol. The molecule has 0 saturated carbocycles. The molecule has 1 aliphatic rings. The van der Waals surface area contributed by atoms with Crippen molar-refractivity contribution >= 4 is 37.5 Å². The maximum absolute atomic E-state index is 12.3. The number of hydrogen-bond acceptors (Lipinski definition) is 4. The Bertz CT molecular complexity index is 861. The van der Waals surface area contributed by atoms with E-state index >= 15 is 0 Å². The fourth-order valence-electron chi connectivity index (χ4n) is 2.61. The fourth-order valence-corrected chi connectivity index (χ4v) is 3.94. The number of rotatable bonds is 6. The number of carbonyl (C=O) groups excluding carboxylic acids is 1. The lowest BCUT2D eigenvalue weighted by atomic mass is 10.2. The van der Waals surface area contributed by atoms with Crippen LogP contribution in [0, 0.1) is 0 Å². The van der Waals surface area contributed by atoms with Crippen LogP contribution in [-0.4, -0.2) is 33.6 Å². The summed E-state index contributed by atoms with van der Waals surface area (Å²) in [6.07, 6.45) is 1.74. The van der Waals surface area contributed by atoms with Crippen LogP contribution in [0.4, 0.5) is 5.69 Å². The second-order valence-corrected chi connectivity index (χ2v) is 8.65. The van der Waals surface area contributed by atoms with Crippen LogP contribution in [-0.2, 0) is 14.8 Å². The van der Waals surface area contributed by atoms with Gasteiger partial charge < -0.3 is 10.1 Å². The van der Waals surface area contributed by atoms with Gasteiger partial charge in [0.1, 0.15) is 0 Å². The molecule has 0 radical (unpaired) electrons. The molecule has 1 saturated heterocycles. The Balaban J connectivity index is 1.63. The molecule has 0 bridgehead atoms. The summed E-state index contributed by atoms with van der Waals surface area (Å²) in [6, 6.07) is 13.0. The standard InChI is InChI=1S/C18H19BrN2O4S/c19-14-5-7-15(8-6-14)21-18(22)13-3-9-17(10-4-13)26(23,24)20-12-16-2-1-11-25-16/h3-10,16,20H,1-2,11-12H2,(H,21,22)/t16-/m0/s1. The van der Waals surface area contributed by atoms with Gasteiger partial charge in [0, 0.05) is 28.9 Å². The molecule has 0 unspecified atom stereocenters. The van der Waals surface area contributed by atoms with E-state index in [2.05, 4.69) is 26.0 Å². The molecule has 6 nitrogen and oxygen atoms in total. The molecule has 2 N–H and O–H groups in total. The minimum Gasteiger partial charge on any atom is -0.377 e. The minimum atomic E-state index is -3.62. The number of ether oxygens (including phenoxy) is 1. The van der Waals surface area contributed by atoms with Crippen LogP contribution in [0.2, 0.25) is 0 Å². The van der Waals surface area contributed by atoms with Gasteiger partial charge in [0.05, 0.1) is 11.0 Å². The Morgan fingerprint density at radius 3 is 2.42 bits per heavy atom. The van der Waals surface area contributed by atoms with Gasteiger partial charge in [-0.15, -0.1) is 0 Å². The van der Waals surface area contributed by atoms with Gasteiger partial charge in [-0.3, -0.25) is 4.79 Å². The van der Waals surface area contributed by atoms with E-state index in [1.165, 1.54) is 24.3 Å². The van der Waals surface area contributed by atoms with E-state index in [0.717, 1.165) is 17.3 Å². The maximum atomic E-state index is 12.3. The third-order valence-corrected chi connectivity index (χ3v) is 6.02. The third kappa shape index (κ3) is 4.91. The molecule has 0 aromatic heterocycles. The van der Waals surface area contributed by atoms with Gasteiger partial charge >= 0.3 is 0 Å². The van der Waals surface area contributed by atoms with Gasteiger partial charge in [-0.05, 0) is 61.4 Å². The first kappa shape index (κ1) is 19.0. The van der Waals surface area contributed by atoms with E-state index in [1.54, 1.807) is 12.1 Å². The average molecular weight is 439 g/mol. The smallest absolute Gasteiger partial charge is 0.255 e. The molecule has 138 valence electrons. The lowest BCUT2D eigenvalue weighted by Gasteiger charge is -2.12. The Morgan fingerprint density at radius 2 is 1.81 bits per heavy atom. The van der Waals surface area contributed by atoms with Crippen molar-refractivity contribution in [2.75, 3.05) is 18.5 Å². The van der Waals surface area contributed by atoms with Gasteiger partial charge in [-0.25, -0.2) is 13.1 Å². The number of halogens is 1. The number of amides is 1. The zero-order valence-electron chi connectivity index (χ0n) is 13.9. The highest BCUT2D eigenvalue weighted by atomic mass is 79.9. The first-order valence-electron chi connectivity index (χ1n) is 8.22. The van der Waals surface area contributed by atoms with Crippen molar-refractivity contribution in [2.45, 2.75) is 23.8 Å². The van der Waals surface area contributed by atoms with E-state index in [0.29, 0.717) is 17.9 Å². The molecule has 2 aromatic rings. The number of sulfonamides is 1. The summed E-state index contributed by atoms with van der Waals surface area (Å²) in [5, 5.41) is 2.76. The summed E-state index contributed by atoms with van der Waals surface area (Å²) in [7, 11) is -3.62. The van der Waals surface area contributed by atoms with E-state index in [4.69, 9.17) is 4.74 Å². The first-order chi connectivity index (χ1) is 12.4. The van der Waals surface area contributed by atoms with Crippen molar-refractivity contribution in [3.05, 3.63) is 58.6 Å². The van der Waals surface area contributed by atoms with Gasteiger partial charge in [0.25, 0.3) is 5.91 Å². The summed E-state index contributed by atoms with van der Waals surface area (Å²) >= 11 is 3.33. The zero-order chi connectivity index (χ0) is 18.6. The molecule has 2 aromatic carbocycles.